The standard InChI is InChI=1S/C14H20BrNO3/c1-8-9(4-5-19-8)14(16)10-6-13(18-3)11(15)7-12(10)17-2/h6-9,14H,4-5,16H2,1-3H3. The van der Waals surface area contributed by atoms with Crippen LogP contribution in [0.3, 0.4) is 0 Å². The van der Waals surface area contributed by atoms with Gasteiger partial charge in [-0.1, -0.05) is 0 Å². The Balaban J connectivity index is 2.36. The molecule has 1 aliphatic rings. The fourth-order valence-electron chi connectivity index (χ4n) is 2.60. The van der Waals surface area contributed by atoms with Gasteiger partial charge in [0.2, 0.25) is 0 Å². The van der Waals surface area contributed by atoms with Gasteiger partial charge < -0.3 is 19.9 Å². The Morgan fingerprint density at radius 2 is 2.00 bits per heavy atom. The SMILES string of the molecule is COc1cc(C(N)C2CCOC2C)c(OC)cc1Br. The molecule has 0 spiro atoms. The molecule has 0 radical (unpaired) electrons. The molecule has 0 aromatic heterocycles. The molecule has 1 heterocycles. The van der Waals surface area contributed by atoms with Gasteiger partial charge in [0, 0.05) is 24.1 Å². The van der Waals surface area contributed by atoms with Crippen molar-refractivity contribution >= 4 is 15.9 Å². The quantitative estimate of drug-likeness (QED) is 0.922. The smallest absolute Gasteiger partial charge is 0.133 e. The van der Waals surface area contributed by atoms with Crippen molar-refractivity contribution in [3.63, 3.8) is 0 Å². The summed E-state index contributed by atoms with van der Waals surface area (Å²) in [5, 5.41) is 0. The maximum absolute atomic E-state index is 6.41. The van der Waals surface area contributed by atoms with E-state index >= 15 is 0 Å². The number of benzene rings is 1. The zero-order valence-corrected chi connectivity index (χ0v) is 13.1. The molecule has 1 aliphatic heterocycles. The molecule has 0 aliphatic carbocycles. The van der Waals surface area contributed by atoms with E-state index in [-0.39, 0.29) is 12.1 Å². The molecule has 3 unspecified atom stereocenters. The summed E-state index contributed by atoms with van der Waals surface area (Å²) in [6.45, 7) is 2.84. The average molecular weight is 330 g/mol. The third kappa shape index (κ3) is 2.88. The lowest BCUT2D eigenvalue weighted by Gasteiger charge is -2.24. The lowest BCUT2D eigenvalue weighted by molar-refractivity contribution is 0.0992. The second-order valence-corrected chi connectivity index (χ2v) is 5.64. The van der Waals surface area contributed by atoms with Crippen LogP contribution in [0, 0.1) is 5.92 Å². The van der Waals surface area contributed by atoms with Gasteiger partial charge in [-0.25, -0.2) is 0 Å². The Morgan fingerprint density at radius 1 is 1.32 bits per heavy atom. The predicted octanol–water partition coefficient (Wildman–Crippen LogP) is 2.89. The summed E-state index contributed by atoms with van der Waals surface area (Å²) in [5.74, 6) is 1.84. The summed E-state index contributed by atoms with van der Waals surface area (Å²) in [6, 6.07) is 3.72. The van der Waals surface area contributed by atoms with Gasteiger partial charge in [-0.15, -0.1) is 0 Å². The molecule has 2 N–H and O–H groups in total. The monoisotopic (exact) mass is 329 g/mol. The van der Waals surface area contributed by atoms with Crippen LogP contribution in [0.2, 0.25) is 0 Å². The maximum Gasteiger partial charge on any atom is 0.133 e. The highest BCUT2D eigenvalue weighted by Crippen LogP contribution is 2.40. The number of hydrogen-bond acceptors (Lipinski definition) is 4. The van der Waals surface area contributed by atoms with Gasteiger partial charge in [0.1, 0.15) is 11.5 Å². The Hall–Kier alpha value is -0.780. The van der Waals surface area contributed by atoms with Crippen molar-refractivity contribution in [3.05, 3.63) is 22.2 Å². The second-order valence-electron chi connectivity index (χ2n) is 4.78. The van der Waals surface area contributed by atoms with Crippen LogP contribution in [0.15, 0.2) is 16.6 Å². The van der Waals surface area contributed by atoms with E-state index in [1.54, 1.807) is 14.2 Å². The van der Waals surface area contributed by atoms with Gasteiger partial charge in [-0.05, 0) is 41.4 Å². The van der Waals surface area contributed by atoms with Crippen molar-refractivity contribution in [2.75, 3.05) is 20.8 Å². The van der Waals surface area contributed by atoms with Crippen LogP contribution in [-0.2, 0) is 4.74 Å². The summed E-state index contributed by atoms with van der Waals surface area (Å²) in [7, 11) is 3.29. The van der Waals surface area contributed by atoms with E-state index in [0.29, 0.717) is 5.92 Å². The number of rotatable bonds is 4. The molecular weight excluding hydrogens is 310 g/mol. The summed E-state index contributed by atoms with van der Waals surface area (Å²) < 4.78 is 17.2. The zero-order chi connectivity index (χ0) is 14.0. The number of halogens is 1. The Kier molecular flexibility index (Phi) is 4.71. The van der Waals surface area contributed by atoms with Crippen molar-refractivity contribution in [1.82, 2.24) is 0 Å². The van der Waals surface area contributed by atoms with E-state index in [0.717, 1.165) is 34.6 Å². The van der Waals surface area contributed by atoms with E-state index < -0.39 is 0 Å². The summed E-state index contributed by atoms with van der Waals surface area (Å²) in [6.07, 6.45) is 1.15. The molecule has 2 rings (SSSR count). The topological polar surface area (TPSA) is 53.7 Å². The Morgan fingerprint density at radius 3 is 2.53 bits per heavy atom. The maximum atomic E-state index is 6.41. The first kappa shape index (κ1) is 14.6. The predicted molar refractivity (Wildman–Crippen MR) is 77.7 cm³/mol. The van der Waals surface area contributed by atoms with Crippen LogP contribution >= 0.6 is 15.9 Å². The molecule has 1 fully saturated rings. The molecular formula is C14H20BrNO3. The lowest BCUT2D eigenvalue weighted by Crippen LogP contribution is -2.27. The molecule has 0 saturated carbocycles. The van der Waals surface area contributed by atoms with Gasteiger partial charge in [0.25, 0.3) is 0 Å². The third-order valence-corrected chi connectivity index (χ3v) is 4.38. The van der Waals surface area contributed by atoms with Crippen molar-refractivity contribution < 1.29 is 14.2 Å². The van der Waals surface area contributed by atoms with Crippen molar-refractivity contribution in [1.29, 1.82) is 0 Å². The first-order valence-electron chi connectivity index (χ1n) is 6.37. The average Bonchev–Trinajstić information content (AvgIpc) is 2.83. The largest absolute Gasteiger partial charge is 0.496 e. The van der Waals surface area contributed by atoms with Gasteiger partial charge >= 0.3 is 0 Å². The molecule has 4 nitrogen and oxygen atoms in total. The Labute approximate surface area is 122 Å². The van der Waals surface area contributed by atoms with Gasteiger partial charge in [0.05, 0.1) is 24.8 Å². The first-order valence-corrected chi connectivity index (χ1v) is 7.16. The molecule has 0 amide bonds. The summed E-state index contributed by atoms with van der Waals surface area (Å²) >= 11 is 3.46. The molecule has 106 valence electrons. The van der Waals surface area contributed by atoms with Gasteiger partial charge in [0.15, 0.2) is 0 Å². The number of ether oxygens (including phenoxy) is 3. The fourth-order valence-corrected chi connectivity index (χ4v) is 3.08. The molecule has 3 atom stereocenters. The van der Waals surface area contributed by atoms with Crippen LogP contribution in [0.25, 0.3) is 0 Å². The molecule has 5 heteroatoms. The van der Waals surface area contributed by atoms with Crippen molar-refractivity contribution in [3.8, 4) is 11.5 Å². The van der Waals surface area contributed by atoms with Crippen LogP contribution in [0.1, 0.15) is 24.9 Å². The molecule has 1 saturated heterocycles. The van der Waals surface area contributed by atoms with Crippen LogP contribution < -0.4 is 15.2 Å². The van der Waals surface area contributed by atoms with Crippen molar-refractivity contribution in [2.45, 2.75) is 25.5 Å². The normalized spacial score (nSPS) is 24.3. The number of nitrogens with two attached hydrogens (primary N) is 1. The highest BCUT2D eigenvalue weighted by atomic mass is 79.9. The van der Waals surface area contributed by atoms with E-state index in [1.165, 1.54) is 0 Å². The molecule has 0 bridgehead atoms. The lowest BCUT2D eigenvalue weighted by atomic mass is 9.88. The highest BCUT2D eigenvalue weighted by molar-refractivity contribution is 9.10. The van der Waals surface area contributed by atoms with Gasteiger partial charge in [-0.3, -0.25) is 0 Å². The molecule has 1 aromatic rings. The van der Waals surface area contributed by atoms with E-state index in [2.05, 4.69) is 22.9 Å². The van der Waals surface area contributed by atoms with E-state index in [4.69, 9.17) is 19.9 Å². The fraction of sp³-hybridized carbons (Fsp3) is 0.571. The minimum absolute atomic E-state index is 0.116. The number of hydrogen-bond donors (Lipinski definition) is 1. The minimum atomic E-state index is -0.116. The number of methoxy groups -OCH3 is 2. The summed E-state index contributed by atoms with van der Waals surface area (Å²) in [5.41, 5.74) is 7.37. The molecule has 19 heavy (non-hydrogen) atoms. The van der Waals surface area contributed by atoms with Gasteiger partial charge in [-0.2, -0.15) is 0 Å². The van der Waals surface area contributed by atoms with Crippen LogP contribution in [-0.4, -0.2) is 26.9 Å². The van der Waals surface area contributed by atoms with Crippen LogP contribution in [0.4, 0.5) is 0 Å². The second kappa shape index (κ2) is 6.11. The third-order valence-electron chi connectivity index (χ3n) is 3.76. The molecule has 1 aromatic carbocycles. The Bertz CT molecular complexity index is 453. The minimum Gasteiger partial charge on any atom is -0.496 e. The van der Waals surface area contributed by atoms with Crippen LogP contribution in [0.5, 0.6) is 11.5 Å². The van der Waals surface area contributed by atoms with E-state index in [9.17, 15) is 0 Å². The zero-order valence-electron chi connectivity index (χ0n) is 11.5. The first-order chi connectivity index (χ1) is 9.08. The van der Waals surface area contributed by atoms with E-state index in [1.807, 2.05) is 12.1 Å². The van der Waals surface area contributed by atoms with Crippen molar-refractivity contribution in [2.24, 2.45) is 11.7 Å². The highest BCUT2D eigenvalue weighted by Gasteiger charge is 2.32. The summed E-state index contributed by atoms with van der Waals surface area (Å²) in [4.78, 5) is 0.